The molecule has 0 fully saturated rings. The van der Waals surface area contributed by atoms with Crippen molar-refractivity contribution in [3.63, 3.8) is 0 Å². The highest BCUT2D eigenvalue weighted by molar-refractivity contribution is 9.11. The van der Waals surface area contributed by atoms with Crippen molar-refractivity contribution in [3.8, 4) is 22.9 Å². The van der Waals surface area contributed by atoms with Crippen molar-refractivity contribution in [2.24, 2.45) is 0 Å². The Hall–Kier alpha value is -1.36. The van der Waals surface area contributed by atoms with Gasteiger partial charge < -0.3 is 4.74 Å². The molecule has 20 heavy (non-hydrogen) atoms. The van der Waals surface area contributed by atoms with Gasteiger partial charge in [0, 0.05) is 11.8 Å². The van der Waals surface area contributed by atoms with E-state index in [0.717, 1.165) is 23.2 Å². The second kappa shape index (κ2) is 5.56. The fourth-order valence-corrected chi connectivity index (χ4v) is 5.10. The SMILES string of the molecule is COc1ccc(-c2c(Br)sc(S(C)(=O)=O)c2C#N)cc1. The number of nitriles is 1. The molecule has 0 unspecified atom stereocenters. The Morgan fingerprint density at radius 1 is 1.30 bits per heavy atom. The zero-order valence-electron chi connectivity index (χ0n) is 10.7. The van der Waals surface area contributed by atoms with Crippen LogP contribution in [0.1, 0.15) is 5.56 Å². The molecule has 0 spiro atoms. The van der Waals surface area contributed by atoms with Crippen LogP contribution in [-0.4, -0.2) is 21.8 Å². The molecule has 0 atom stereocenters. The second-order valence-corrected chi connectivity index (χ2v) is 8.58. The van der Waals surface area contributed by atoms with E-state index in [9.17, 15) is 13.7 Å². The van der Waals surface area contributed by atoms with Gasteiger partial charge in [-0.05, 0) is 33.6 Å². The summed E-state index contributed by atoms with van der Waals surface area (Å²) in [6.07, 6.45) is 1.10. The van der Waals surface area contributed by atoms with Gasteiger partial charge >= 0.3 is 0 Å². The summed E-state index contributed by atoms with van der Waals surface area (Å²) in [5.41, 5.74) is 1.54. The molecule has 0 saturated carbocycles. The normalized spacial score (nSPS) is 11.1. The predicted octanol–water partition coefficient (Wildman–Crippen LogP) is 3.46. The maximum absolute atomic E-state index is 11.7. The molecule has 0 radical (unpaired) electrons. The lowest BCUT2D eigenvalue weighted by atomic mass is 10.1. The molecule has 1 aromatic carbocycles. The van der Waals surface area contributed by atoms with Gasteiger partial charge in [0.15, 0.2) is 9.84 Å². The highest BCUT2D eigenvalue weighted by Crippen LogP contribution is 2.42. The molecule has 4 nitrogen and oxygen atoms in total. The summed E-state index contributed by atoms with van der Waals surface area (Å²) in [6.45, 7) is 0. The van der Waals surface area contributed by atoms with E-state index in [-0.39, 0.29) is 9.77 Å². The van der Waals surface area contributed by atoms with E-state index in [1.807, 2.05) is 6.07 Å². The molecule has 0 saturated heterocycles. The molecular formula is C13H10BrNO3S2. The van der Waals surface area contributed by atoms with Gasteiger partial charge in [0.2, 0.25) is 0 Å². The number of hydrogen-bond donors (Lipinski definition) is 0. The first-order chi connectivity index (χ1) is 9.38. The van der Waals surface area contributed by atoms with E-state index >= 15 is 0 Å². The first kappa shape index (κ1) is 15.0. The third-order valence-electron chi connectivity index (χ3n) is 2.66. The van der Waals surface area contributed by atoms with Crippen LogP contribution in [0.2, 0.25) is 0 Å². The van der Waals surface area contributed by atoms with Crippen LogP contribution in [0.3, 0.4) is 0 Å². The van der Waals surface area contributed by atoms with Crippen molar-refractivity contribution in [3.05, 3.63) is 33.6 Å². The van der Waals surface area contributed by atoms with Crippen molar-refractivity contribution in [1.29, 1.82) is 5.26 Å². The van der Waals surface area contributed by atoms with Crippen molar-refractivity contribution in [2.45, 2.75) is 4.21 Å². The van der Waals surface area contributed by atoms with E-state index < -0.39 is 9.84 Å². The van der Waals surface area contributed by atoms with Crippen LogP contribution in [0.25, 0.3) is 11.1 Å². The minimum absolute atomic E-state index is 0.0812. The van der Waals surface area contributed by atoms with Crippen LogP contribution >= 0.6 is 27.3 Å². The fourth-order valence-electron chi connectivity index (χ4n) is 1.76. The zero-order chi connectivity index (χ0) is 14.9. The third kappa shape index (κ3) is 2.73. The molecule has 0 aliphatic heterocycles. The number of hydrogen-bond acceptors (Lipinski definition) is 5. The first-order valence-electron chi connectivity index (χ1n) is 5.45. The average Bonchev–Trinajstić information content (AvgIpc) is 2.75. The highest BCUT2D eigenvalue weighted by Gasteiger charge is 2.24. The standard InChI is InChI=1S/C13H10BrNO3S2/c1-18-9-5-3-8(4-6-9)11-10(7-15)13(19-12(11)14)20(2,16)17/h3-6H,1-2H3. The minimum Gasteiger partial charge on any atom is -0.497 e. The summed E-state index contributed by atoms with van der Waals surface area (Å²) in [5, 5.41) is 9.28. The lowest BCUT2D eigenvalue weighted by molar-refractivity contribution is 0.415. The van der Waals surface area contributed by atoms with Crippen LogP contribution in [0.15, 0.2) is 32.3 Å². The lowest BCUT2D eigenvalue weighted by Crippen LogP contribution is -1.96. The summed E-state index contributed by atoms with van der Waals surface area (Å²) >= 11 is 4.40. The van der Waals surface area contributed by atoms with Gasteiger partial charge in [0.1, 0.15) is 16.0 Å². The van der Waals surface area contributed by atoms with Crippen molar-refractivity contribution < 1.29 is 13.2 Å². The number of halogens is 1. The Morgan fingerprint density at radius 3 is 2.35 bits per heavy atom. The maximum atomic E-state index is 11.7. The van der Waals surface area contributed by atoms with Gasteiger partial charge in [0.05, 0.1) is 16.5 Å². The van der Waals surface area contributed by atoms with Crippen molar-refractivity contribution in [2.75, 3.05) is 13.4 Å². The number of sulfone groups is 1. The number of rotatable bonds is 3. The van der Waals surface area contributed by atoms with Crippen LogP contribution < -0.4 is 4.74 Å². The molecule has 0 N–H and O–H groups in total. The lowest BCUT2D eigenvalue weighted by Gasteiger charge is -2.03. The van der Waals surface area contributed by atoms with Crippen molar-refractivity contribution in [1.82, 2.24) is 0 Å². The van der Waals surface area contributed by atoms with Gasteiger partial charge in [0.25, 0.3) is 0 Å². The topological polar surface area (TPSA) is 67.2 Å². The van der Waals surface area contributed by atoms with Crippen LogP contribution in [-0.2, 0) is 9.84 Å². The molecule has 0 aliphatic carbocycles. The Labute approximate surface area is 129 Å². The molecule has 0 amide bonds. The quantitative estimate of drug-likeness (QED) is 0.828. The zero-order valence-corrected chi connectivity index (χ0v) is 13.9. The average molecular weight is 372 g/mol. The minimum atomic E-state index is -3.43. The molecule has 0 bridgehead atoms. The van der Waals surface area contributed by atoms with E-state index in [0.29, 0.717) is 15.1 Å². The van der Waals surface area contributed by atoms with E-state index in [4.69, 9.17) is 4.74 Å². The summed E-state index contributed by atoms with van der Waals surface area (Å²) < 4.78 is 29.2. The Kier molecular flexibility index (Phi) is 4.18. The van der Waals surface area contributed by atoms with Crippen LogP contribution in [0, 0.1) is 11.3 Å². The highest BCUT2D eigenvalue weighted by atomic mass is 79.9. The fraction of sp³-hybridized carbons (Fsp3) is 0.154. The largest absolute Gasteiger partial charge is 0.497 e. The van der Waals surface area contributed by atoms with Gasteiger partial charge in [-0.25, -0.2) is 8.42 Å². The van der Waals surface area contributed by atoms with Gasteiger partial charge in [-0.1, -0.05) is 12.1 Å². The number of methoxy groups -OCH3 is 1. The van der Waals surface area contributed by atoms with Gasteiger partial charge in [-0.3, -0.25) is 0 Å². The van der Waals surface area contributed by atoms with E-state index in [1.165, 1.54) is 0 Å². The summed E-state index contributed by atoms with van der Waals surface area (Å²) in [6, 6.07) is 9.10. The summed E-state index contributed by atoms with van der Waals surface area (Å²) in [5.74, 6) is 0.696. The Morgan fingerprint density at radius 2 is 1.90 bits per heavy atom. The molecule has 7 heteroatoms. The number of nitrogens with zero attached hydrogens (tertiary/aromatic N) is 1. The molecule has 104 valence electrons. The first-order valence-corrected chi connectivity index (χ1v) is 8.95. The summed E-state index contributed by atoms with van der Waals surface area (Å²) in [4.78, 5) is 0. The monoisotopic (exact) mass is 371 g/mol. The molecule has 0 aliphatic rings. The Bertz CT molecular complexity index is 786. The number of benzene rings is 1. The van der Waals surface area contributed by atoms with Gasteiger partial charge in [-0.2, -0.15) is 5.26 Å². The molecule has 1 aromatic heterocycles. The molecular weight excluding hydrogens is 362 g/mol. The third-order valence-corrected chi connectivity index (χ3v) is 6.35. The number of thiophene rings is 1. The summed E-state index contributed by atoms with van der Waals surface area (Å²) in [7, 11) is -1.86. The smallest absolute Gasteiger partial charge is 0.186 e. The molecule has 2 rings (SSSR count). The van der Waals surface area contributed by atoms with E-state index in [1.54, 1.807) is 31.4 Å². The van der Waals surface area contributed by atoms with Crippen LogP contribution in [0.4, 0.5) is 0 Å². The van der Waals surface area contributed by atoms with E-state index in [2.05, 4.69) is 15.9 Å². The van der Waals surface area contributed by atoms with Crippen molar-refractivity contribution >= 4 is 37.1 Å². The van der Waals surface area contributed by atoms with Crippen LogP contribution in [0.5, 0.6) is 5.75 Å². The van der Waals surface area contributed by atoms with Gasteiger partial charge in [-0.15, -0.1) is 11.3 Å². The second-order valence-electron chi connectivity index (χ2n) is 4.03. The maximum Gasteiger partial charge on any atom is 0.186 e. The molecule has 2 aromatic rings. The Balaban J connectivity index is 2.68. The number of ether oxygens (including phenoxy) is 1. The molecule has 1 heterocycles. The predicted molar refractivity (Wildman–Crippen MR) is 81.8 cm³/mol.